The topological polar surface area (TPSA) is 64.3 Å². The highest BCUT2D eigenvalue weighted by molar-refractivity contribution is 5.99. The zero-order valence-corrected chi connectivity index (χ0v) is 11.3. The zero-order valence-electron chi connectivity index (χ0n) is 11.3. The van der Waals surface area contributed by atoms with E-state index in [9.17, 15) is 4.79 Å². The normalized spacial score (nSPS) is 12.2. The Morgan fingerprint density at radius 2 is 2.22 bits per heavy atom. The minimum Gasteiger partial charge on any atom is -0.398 e. The minimum atomic E-state index is -0.133. The lowest BCUT2D eigenvalue weighted by molar-refractivity contribution is 0.0892. The average Bonchev–Trinajstić information content (AvgIpc) is 2.33. The summed E-state index contributed by atoms with van der Waals surface area (Å²) in [4.78, 5) is 12.1. The molecule has 0 bridgehead atoms. The van der Waals surface area contributed by atoms with Gasteiger partial charge in [0.05, 0.1) is 18.2 Å². The molecule has 4 heteroatoms. The van der Waals surface area contributed by atoms with E-state index in [0.29, 0.717) is 17.9 Å². The molecular formula is C14H22N2O2. The number of nitrogen functional groups attached to an aromatic ring is 1. The third-order valence-electron chi connectivity index (χ3n) is 2.91. The van der Waals surface area contributed by atoms with Crippen molar-refractivity contribution < 1.29 is 9.53 Å². The maximum absolute atomic E-state index is 12.1. The molecule has 0 aromatic heterocycles. The SMILES string of the molecule is CCCC(COC)NC(=O)c1cccc(C)c1N. The standard InChI is InChI=1S/C14H22N2O2/c1-4-6-11(9-18-3)16-14(17)12-8-5-7-10(2)13(12)15/h5,7-8,11H,4,6,9,15H2,1-3H3,(H,16,17). The highest BCUT2D eigenvalue weighted by Gasteiger charge is 2.15. The first-order chi connectivity index (χ1) is 8.60. The zero-order chi connectivity index (χ0) is 13.5. The summed E-state index contributed by atoms with van der Waals surface area (Å²) in [6.07, 6.45) is 1.89. The molecule has 3 N–H and O–H groups in total. The van der Waals surface area contributed by atoms with Crippen molar-refractivity contribution in [3.05, 3.63) is 29.3 Å². The van der Waals surface area contributed by atoms with Crippen molar-refractivity contribution in [2.24, 2.45) is 0 Å². The summed E-state index contributed by atoms with van der Waals surface area (Å²) in [7, 11) is 1.63. The van der Waals surface area contributed by atoms with E-state index in [4.69, 9.17) is 10.5 Å². The minimum absolute atomic E-state index is 0.0346. The van der Waals surface area contributed by atoms with Gasteiger partial charge in [-0.1, -0.05) is 25.5 Å². The Labute approximate surface area is 109 Å². The third kappa shape index (κ3) is 3.74. The monoisotopic (exact) mass is 250 g/mol. The number of ether oxygens (including phenoxy) is 1. The van der Waals surface area contributed by atoms with E-state index in [-0.39, 0.29) is 11.9 Å². The molecule has 1 aromatic rings. The van der Waals surface area contributed by atoms with Gasteiger partial charge in [-0.25, -0.2) is 0 Å². The van der Waals surface area contributed by atoms with Gasteiger partial charge in [0.15, 0.2) is 0 Å². The van der Waals surface area contributed by atoms with Gasteiger partial charge in [-0.3, -0.25) is 4.79 Å². The lowest BCUT2D eigenvalue weighted by atomic mass is 10.1. The molecule has 0 spiro atoms. The van der Waals surface area contributed by atoms with Crippen LogP contribution in [0.1, 0.15) is 35.7 Å². The number of carbonyl (C=O) groups is 1. The number of aryl methyl sites for hydroxylation is 1. The predicted octanol–water partition coefficient (Wildman–Crippen LogP) is 2.12. The van der Waals surface area contributed by atoms with Gasteiger partial charge in [-0.15, -0.1) is 0 Å². The first-order valence-corrected chi connectivity index (χ1v) is 6.25. The maximum Gasteiger partial charge on any atom is 0.253 e. The summed E-state index contributed by atoms with van der Waals surface area (Å²) in [5, 5.41) is 2.96. The molecule has 100 valence electrons. The van der Waals surface area contributed by atoms with Crippen molar-refractivity contribution in [3.8, 4) is 0 Å². The fourth-order valence-electron chi connectivity index (χ4n) is 1.89. The van der Waals surface area contributed by atoms with Crippen LogP contribution in [0.15, 0.2) is 18.2 Å². The molecule has 0 aliphatic carbocycles. The number of anilines is 1. The average molecular weight is 250 g/mol. The third-order valence-corrected chi connectivity index (χ3v) is 2.91. The summed E-state index contributed by atoms with van der Waals surface area (Å²) in [5.74, 6) is -0.133. The van der Waals surface area contributed by atoms with Crippen LogP contribution in [0.5, 0.6) is 0 Å². The molecule has 1 amide bonds. The Kier molecular flexibility index (Phi) is 5.65. The van der Waals surface area contributed by atoms with E-state index in [2.05, 4.69) is 12.2 Å². The van der Waals surface area contributed by atoms with Gasteiger partial charge in [0.1, 0.15) is 0 Å². The molecule has 4 nitrogen and oxygen atoms in total. The molecule has 0 saturated heterocycles. The number of carbonyl (C=O) groups excluding carboxylic acids is 1. The van der Waals surface area contributed by atoms with Crippen molar-refractivity contribution in [1.29, 1.82) is 0 Å². The number of hydrogen-bond donors (Lipinski definition) is 2. The van der Waals surface area contributed by atoms with E-state index in [1.807, 2.05) is 19.1 Å². The number of nitrogens with one attached hydrogen (secondary N) is 1. The van der Waals surface area contributed by atoms with Gasteiger partial charge in [-0.2, -0.15) is 0 Å². The highest BCUT2D eigenvalue weighted by Crippen LogP contribution is 2.16. The Hall–Kier alpha value is -1.55. The summed E-state index contributed by atoms with van der Waals surface area (Å²) < 4.78 is 5.10. The number of hydrogen-bond acceptors (Lipinski definition) is 3. The molecule has 0 aliphatic heterocycles. The molecule has 18 heavy (non-hydrogen) atoms. The Morgan fingerprint density at radius 3 is 2.83 bits per heavy atom. The van der Waals surface area contributed by atoms with E-state index < -0.39 is 0 Å². The van der Waals surface area contributed by atoms with Crippen molar-refractivity contribution in [2.45, 2.75) is 32.7 Å². The van der Waals surface area contributed by atoms with Crippen LogP contribution in [0.3, 0.4) is 0 Å². The molecule has 1 aromatic carbocycles. The first kappa shape index (κ1) is 14.5. The van der Waals surface area contributed by atoms with Crippen LogP contribution in [0.25, 0.3) is 0 Å². The quantitative estimate of drug-likeness (QED) is 0.760. The van der Waals surface area contributed by atoms with E-state index in [1.165, 1.54) is 0 Å². The van der Waals surface area contributed by atoms with E-state index >= 15 is 0 Å². The molecule has 0 aliphatic rings. The van der Waals surface area contributed by atoms with Crippen LogP contribution < -0.4 is 11.1 Å². The molecule has 1 unspecified atom stereocenters. The van der Waals surface area contributed by atoms with Gasteiger partial charge < -0.3 is 15.8 Å². The second kappa shape index (κ2) is 7.01. The van der Waals surface area contributed by atoms with E-state index in [1.54, 1.807) is 13.2 Å². The summed E-state index contributed by atoms with van der Waals surface area (Å²) >= 11 is 0. The van der Waals surface area contributed by atoms with Gasteiger partial charge in [-0.05, 0) is 25.0 Å². The molecular weight excluding hydrogens is 228 g/mol. The van der Waals surface area contributed by atoms with Gasteiger partial charge in [0.25, 0.3) is 5.91 Å². The van der Waals surface area contributed by atoms with Crippen LogP contribution in [-0.2, 0) is 4.74 Å². The Balaban J connectivity index is 2.77. The van der Waals surface area contributed by atoms with Crippen LogP contribution in [0.2, 0.25) is 0 Å². The number of para-hydroxylation sites is 1. The largest absolute Gasteiger partial charge is 0.398 e. The maximum atomic E-state index is 12.1. The number of amides is 1. The van der Waals surface area contributed by atoms with Crippen LogP contribution in [0, 0.1) is 6.92 Å². The van der Waals surface area contributed by atoms with Crippen LogP contribution in [0.4, 0.5) is 5.69 Å². The molecule has 0 radical (unpaired) electrons. The van der Waals surface area contributed by atoms with Crippen molar-refractivity contribution in [3.63, 3.8) is 0 Å². The second-order valence-corrected chi connectivity index (χ2v) is 4.45. The molecule has 0 heterocycles. The molecule has 1 atom stereocenters. The summed E-state index contributed by atoms with van der Waals surface area (Å²) in [6.45, 7) is 4.49. The lowest BCUT2D eigenvalue weighted by Gasteiger charge is -2.18. The molecule has 0 fully saturated rings. The smallest absolute Gasteiger partial charge is 0.253 e. The van der Waals surface area contributed by atoms with Gasteiger partial charge >= 0.3 is 0 Å². The van der Waals surface area contributed by atoms with Crippen molar-refractivity contribution in [1.82, 2.24) is 5.32 Å². The van der Waals surface area contributed by atoms with Crippen LogP contribution >= 0.6 is 0 Å². The number of methoxy groups -OCH3 is 1. The highest BCUT2D eigenvalue weighted by atomic mass is 16.5. The fourth-order valence-corrected chi connectivity index (χ4v) is 1.89. The second-order valence-electron chi connectivity index (χ2n) is 4.45. The van der Waals surface area contributed by atoms with Crippen molar-refractivity contribution >= 4 is 11.6 Å². The lowest BCUT2D eigenvalue weighted by Crippen LogP contribution is -2.38. The summed E-state index contributed by atoms with van der Waals surface area (Å²) in [5.41, 5.74) is 7.91. The van der Waals surface area contributed by atoms with Crippen LogP contribution in [-0.4, -0.2) is 25.7 Å². The number of nitrogens with two attached hydrogens (primary N) is 1. The van der Waals surface area contributed by atoms with Gasteiger partial charge in [0.2, 0.25) is 0 Å². The predicted molar refractivity (Wildman–Crippen MR) is 73.6 cm³/mol. The number of benzene rings is 1. The summed E-state index contributed by atoms with van der Waals surface area (Å²) in [6, 6.07) is 5.51. The molecule has 0 saturated carbocycles. The van der Waals surface area contributed by atoms with E-state index in [0.717, 1.165) is 18.4 Å². The molecule has 1 rings (SSSR count). The first-order valence-electron chi connectivity index (χ1n) is 6.25. The van der Waals surface area contributed by atoms with Crippen molar-refractivity contribution in [2.75, 3.05) is 19.5 Å². The Morgan fingerprint density at radius 1 is 1.50 bits per heavy atom. The van der Waals surface area contributed by atoms with Gasteiger partial charge in [0, 0.05) is 12.8 Å². The fraction of sp³-hybridized carbons (Fsp3) is 0.500. The number of rotatable bonds is 6. The Bertz CT molecular complexity index is 399.